The topological polar surface area (TPSA) is 102 Å². The fraction of sp³-hybridized carbons (Fsp3) is 0.333. The Balaban J connectivity index is 1.77. The van der Waals surface area contributed by atoms with Crippen LogP contribution < -0.4 is 10.6 Å². The smallest absolute Gasteiger partial charge is 0.351 e. The van der Waals surface area contributed by atoms with Gasteiger partial charge in [0.25, 0.3) is 0 Å². The monoisotopic (exact) mass is 387 g/mol. The van der Waals surface area contributed by atoms with E-state index in [0.717, 1.165) is 25.4 Å². The molecule has 4 rings (SSSR count). The number of nitriles is 1. The molecule has 0 radical (unpaired) electrons. The lowest BCUT2D eigenvalue weighted by Crippen LogP contribution is -2.50. The molecule has 28 heavy (non-hydrogen) atoms. The SMILES string of the molecule is CC(Nc1ncc(C#N)c(-c2c[nH]c3ncc(C(F)(F)F)cc23)n1)C1CNC1. The molecule has 0 aliphatic carbocycles. The lowest BCUT2D eigenvalue weighted by Gasteiger charge is -2.33. The first-order valence-corrected chi connectivity index (χ1v) is 8.66. The number of hydrogen-bond acceptors (Lipinski definition) is 6. The van der Waals surface area contributed by atoms with Gasteiger partial charge in [0.2, 0.25) is 5.95 Å². The second-order valence-electron chi connectivity index (χ2n) is 6.74. The van der Waals surface area contributed by atoms with Crippen LogP contribution in [0.5, 0.6) is 0 Å². The lowest BCUT2D eigenvalue weighted by atomic mass is 9.95. The van der Waals surface area contributed by atoms with E-state index >= 15 is 0 Å². The Morgan fingerprint density at radius 1 is 1.29 bits per heavy atom. The minimum atomic E-state index is -4.52. The zero-order valence-electron chi connectivity index (χ0n) is 14.8. The van der Waals surface area contributed by atoms with E-state index in [1.54, 1.807) is 0 Å². The number of aromatic amines is 1. The third-order valence-corrected chi connectivity index (χ3v) is 4.90. The van der Waals surface area contributed by atoms with Crippen LogP contribution in [0.1, 0.15) is 18.1 Å². The highest BCUT2D eigenvalue weighted by molar-refractivity contribution is 5.94. The Labute approximate surface area is 158 Å². The number of alkyl halides is 3. The summed E-state index contributed by atoms with van der Waals surface area (Å²) in [6.45, 7) is 3.80. The van der Waals surface area contributed by atoms with Crippen molar-refractivity contribution >= 4 is 17.0 Å². The minimum absolute atomic E-state index is 0.114. The molecule has 0 bridgehead atoms. The summed E-state index contributed by atoms with van der Waals surface area (Å²) >= 11 is 0. The summed E-state index contributed by atoms with van der Waals surface area (Å²) in [6.07, 6.45) is -0.867. The van der Waals surface area contributed by atoms with Crippen LogP contribution in [-0.2, 0) is 6.18 Å². The van der Waals surface area contributed by atoms with E-state index in [2.05, 4.69) is 30.6 Å². The van der Waals surface area contributed by atoms with Crippen molar-refractivity contribution in [2.45, 2.75) is 19.1 Å². The van der Waals surface area contributed by atoms with Crippen molar-refractivity contribution in [2.24, 2.45) is 5.92 Å². The number of fused-ring (bicyclic) bond motifs is 1. The number of halogens is 3. The molecular formula is C18H16F3N7. The molecule has 7 nitrogen and oxygen atoms in total. The van der Waals surface area contributed by atoms with Gasteiger partial charge in [-0.1, -0.05) is 0 Å². The van der Waals surface area contributed by atoms with Gasteiger partial charge in [-0.15, -0.1) is 0 Å². The maximum absolute atomic E-state index is 13.1. The third-order valence-electron chi connectivity index (χ3n) is 4.90. The van der Waals surface area contributed by atoms with Crippen LogP contribution in [0.25, 0.3) is 22.3 Å². The van der Waals surface area contributed by atoms with Gasteiger partial charge in [0.15, 0.2) is 0 Å². The fourth-order valence-corrected chi connectivity index (χ4v) is 3.08. The number of rotatable bonds is 4. The Kier molecular flexibility index (Phi) is 4.39. The van der Waals surface area contributed by atoms with Crippen LogP contribution in [0.15, 0.2) is 24.7 Å². The van der Waals surface area contributed by atoms with E-state index in [4.69, 9.17) is 0 Å². The van der Waals surface area contributed by atoms with Crippen LogP contribution in [0, 0.1) is 17.2 Å². The van der Waals surface area contributed by atoms with Crippen molar-refractivity contribution in [1.82, 2.24) is 25.3 Å². The molecule has 0 spiro atoms. The molecule has 0 aromatic carbocycles. The van der Waals surface area contributed by atoms with Gasteiger partial charge in [0.1, 0.15) is 11.7 Å². The van der Waals surface area contributed by atoms with Gasteiger partial charge >= 0.3 is 6.18 Å². The summed E-state index contributed by atoms with van der Waals surface area (Å²) in [4.78, 5) is 15.3. The lowest BCUT2D eigenvalue weighted by molar-refractivity contribution is -0.137. The van der Waals surface area contributed by atoms with Gasteiger partial charge in [-0.3, -0.25) is 0 Å². The van der Waals surface area contributed by atoms with Crippen molar-refractivity contribution in [3.05, 3.63) is 35.8 Å². The highest BCUT2D eigenvalue weighted by atomic mass is 19.4. The number of aromatic nitrogens is 4. The maximum atomic E-state index is 13.1. The molecule has 1 atom stereocenters. The maximum Gasteiger partial charge on any atom is 0.417 e. The predicted molar refractivity (Wildman–Crippen MR) is 96.3 cm³/mol. The standard InChI is InChI=1S/C18H16F3N7/c1-9(11-4-23-5-11)27-17-26-6-10(3-22)15(28-17)14-8-25-16-13(14)2-12(7-24-16)18(19,20)21/h2,6-9,11,23H,4-5H2,1H3,(H,24,25)(H,26,27,28). The molecule has 1 aliphatic heterocycles. The van der Waals surface area contributed by atoms with E-state index < -0.39 is 11.7 Å². The average Bonchev–Trinajstić information content (AvgIpc) is 3.02. The molecule has 3 N–H and O–H groups in total. The number of H-pyrrole nitrogens is 1. The van der Waals surface area contributed by atoms with Crippen molar-refractivity contribution in [3.63, 3.8) is 0 Å². The second-order valence-corrected chi connectivity index (χ2v) is 6.74. The molecule has 3 aromatic rings. The third kappa shape index (κ3) is 3.25. The van der Waals surface area contributed by atoms with Gasteiger partial charge < -0.3 is 15.6 Å². The van der Waals surface area contributed by atoms with E-state index in [1.165, 1.54) is 12.4 Å². The highest BCUT2D eigenvalue weighted by Gasteiger charge is 2.32. The van der Waals surface area contributed by atoms with Crippen LogP contribution in [0.2, 0.25) is 0 Å². The second kappa shape index (κ2) is 6.76. The Hall–Kier alpha value is -3.19. The Morgan fingerprint density at radius 2 is 2.07 bits per heavy atom. The number of anilines is 1. The fourth-order valence-electron chi connectivity index (χ4n) is 3.08. The first kappa shape index (κ1) is 18.2. The van der Waals surface area contributed by atoms with E-state index in [1.807, 2.05) is 13.0 Å². The Bertz CT molecular complexity index is 1060. The summed E-state index contributed by atoms with van der Waals surface area (Å²) in [5.41, 5.74) is 0.216. The molecule has 1 fully saturated rings. The Morgan fingerprint density at radius 3 is 2.71 bits per heavy atom. The number of hydrogen-bond donors (Lipinski definition) is 3. The van der Waals surface area contributed by atoms with Crippen molar-refractivity contribution in [2.75, 3.05) is 18.4 Å². The average molecular weight is 387 g/mol. The highest BCUT2D eigenvalue weighted by Crippen LogP contribution is 2.34. The van der Waals surface area contributed by atoms with E-state index in [-0.39, 0.29) is 28.3 Å². The molecule has 0 amide bonds. The number of pyridine rings is 1. The van der Waals surface area contributed by atoms with Crippen LogP contribution in [-0.4, -0.2) is 39.1 Å². The first-order valence-electron chi connectivity index (χ1n) is 8.66. The summed E-state index contributed by atoms with van der Waals surface area (Å²) in [6, 6.07) is 3.12. The summed E-state index contributed by atoms with van der Waals surface area (Å²) < 4.78 is 39.2. The number of nitrogens with one attached hydrogen (secondary N) is 3. The van der Waals surface area contributed by atoms with Crippen molar-refractivity contribution < 1.29 is 13.2 Å². The van der Waals surface area contributed by atoms with Crippen LogP contribution in [0.3, 0.4) is 0 Å². The minimum Gasteiger partial charge on any atom is -0.351 e. The van der Waals surface area contributed by atoms with Gasteiger partial charge in [-0.25, -0.2) is 15.0 Å². The zero-order chi connectivity index (χ0) is 19.9. The van der Waals surface area contributed by atoms with Crippen LogP contribution in [0.4, 0.5) is 19.1 Å². The van der Waals surface area contributed by atoms with Crippen LogP contribution >= 0.6 is 0 Å². The van der Waals surface area contributed by atoms with Gasteiger partial charge in [0.05, 0.1) is 23.0 Å². The molecule has 1 saturated heterocycles. The molecule has 1 unspecified atom stereocenters. The summed E-state index contributed by atoms with van der Waals surface area (Å²) in [7, 11) is 0. The van der Waals surface area contributed by atoms with Gasteiger partial charge in [-0.05, 0) is 13.0 Å². The number of nitrogens with zero attached hydrogens (tertiary/aromatic N) is 4. The molecular weight excluding hydrogens is 371 g/mol. The summed E-state index contributed by atoms with van der Waals surface area (Å²) in [5.74, 6) is 0.761. The van der Waals surface area contributed by atoms with Crippen molar-refractivity contribution in [3.8, 4) is 17.3 Å². The summed E-state index contributed by atoms with van der Waals surface area (Å²) in [5, 5.41) is 16.1. The van der Waals surface area contributed by atoms with E-state index in [9.17, 15) is 18.4 Å². The quantitative estimate of drug-likeness (QED) is 0.636. The molecule has 10 heteroatoms. The van der Waals surface area contributed by atoms with Crippen molar-refractivity contribution in [1.29, 1.82) is 5.26 Å². The molecule has 3 aromatic heterocycles. The molecule has 0 saturated carbocycles. The molecule has 4 heterocycles. The normalized spacial score (nSPS) is 15.8. The van der Waals surface area contributed by atoms with Gasteiger partial charge in [-0.2, -0.15) is 18.4 Å². The first-order chi connectivity index (χ1) is 13.4. The van der Waals surface area contributed by atoms with Gasteiger partial charge in [0, 0.05) is 48.4 Å². The molecule has 144 valence electrons. The largest absolute Gasteiger partial charge is 0.417 e. The van der Waals surface area contributed by atoms with E-state index in [0.29, 0.717) is 17.4 Å². The zero-order valence-corrected chi connectivity index (χ0v) is 14.8. The predicted octanol–water partition coefficient (Wildman–Crippen LogP) is 2.93. The molecule has 1 aliphatic rings.